The molecule has 0 unspecified atom stereocenters. The number of hydrogen-bond donors (Lipinski definition) is 0. The third kappa shape index (κ3) is 14.6. The lowest BCUT2D eigenvalue weighted by Crippen LogP contribution is -2.39. The van der Waals surface area contributed by atoms with Gasteiger partial charge in [0.25, 0.3) is 0 Å². The Morgan fingerprint density at radius 1 is 0.287 bits per heavy atom. The molecule has 7 aromatic rings. The first-order chi connectivity index (χ1) is 42.3. The lowest BCUT2D eigenvalue weighted by atomic mass is 9.88. The van der Waals surface area contributed by atoms with Gasteiger partial charge in [0, 0.05) is 0 Å². The maximum Gasteiger partial charge on any atom is 0.113 e. The molecule has 0 fully saturated rings. The second-order valence-corrected chi connectivity index (χ2v) is 39.5. The third-order valence-electron chi connectivity index (χ3n) is 19.0. The van der Waals surface area contributed by atoms with Gasteiger partial charge >= 0.3 is 0 Å². The minimum absolute atomic E-state index is 1.03. The average molecular weight is 1190 g/mol. The molecule has 7 aromatic carbocycles. The maximum absolute atomic E-state index is 2.65. The molecule has 10 rings (SSSR count). The summed E-state index contributed by atoms with van der Waals surface area (Å²) in [6.07, 6.45) is 33.4. The van der Waals surface area contributed by atoms with Crippen LogP contribution in [0.2, 0.25) is 39.3 Å². The molecule has 0 saturated heterocycles. The molecule has 0 aromatic heterocycles. The molecule has 3 heterocycles. The normalized spacial score (nSPS) is 17.9. The number of rotatable bonds is 27. The maximum atomic E-state index is 2.65. The highest BCUT2D eigenvalue weighted by Crippen LogP contribution is 2.51. The van der Waals surface area contributed by atoms with Crippen LogP contribution >= 0.6 is 0 Å². The second-order valence-electron chi connectivity index (χ2n) is 26.5. The fourth-order valence-corrected chi connectivity index (χ4v) is 22.7. The van der Waals surface area contributed by atoms with E-state index in [0.717, 1.165) is 38.5 Å². The standard InChI is InChI=1S/C84H96Si3/c1-10-13-16-25-52-73(82(70-46-34-22-35-47-70)79-61-76(85(79,4)5)67-40-28-19-29-41-67)58-64-55-65(59-74(53-26-17-14-11-2)83(71-48-36-23-37-49-71)80-62-77(86(80,6)7)68-42-30-20-31-43-68)57-66(56-64)60-75(54-27-18-15-12-3)84(72-50-38-24-39-51-72)81-63-78(87(81,8)9)69-44-32-21-33-45-69/h19-24,28-51,55-63H,10-18,25-27,52-54H2,1-9H3/b73-58+,74-59+,75-60?,82-79+,83-80+,84-81-. The molecule has 3 aliphatic heterocycles. The Morgan fingerprint density at radius 3 is 0.736 bits per heavy atom. The van der Waals surface area contributed by atoms with E-state index in [1.807, 2.05) is 0 Å². The summed E-state index contributed by atoms with van der Waals surface area (Å²) in [4.78, 5) is 0. The smallest absolute Gasteiger partial charge is 0.0654 e. The van der Waals surface area contributed by atoms with Crippen molar-refractivity contribution in [3.8, 4) is 0 Å². The lowest BCUT2D eigenvalue weighted by Gasteiger charge is -2.40. The summed E-state index contributed by atoms with van der Waals surface area (Å²) >= 11 is 0. The van der Waals surface area contributed by atoms with E-state index in [-0.39, 0.29) is 0 Å². The highest BCUT2D eigenvalue weighted by molar-refractivity contribution is 7.06. The molecule has 0 aliphatic carbocycles. The quantitative estimate of drug-likeness (QED) is 0.0356. The molecule has 0 atom stereocenters. The first-order valence-corrected chi connectivity index (χ1v) is 42.3. The van der Waals surface area contributed by atoms with Crippen LogP contribution in [0.4, 0.5) is 0 Å². The SMILES string of the molecule is CCCCCCC(=Cc1cc(/C=C(CCCCCC)/C(=C2\C=C(c3ccccc3)[Si]2(C)C)c2ccccc2)cc(/C=C(CCCCCC)/C(=C2\C=C(c3ccccc3)[Si]2(C)C)c2ccccc2)c1)/C(=C1/C=C(c2ccccc2)[Si]1(C)C)c1ccccc1. The Labute approximate surface area is 528 Å². The van der Waals surface area contributed by atoms with Crippen LogP contribution in [0.5, 0.6) is 0 Å². The van der Waals surface area contributed by atoms with Gasteiger partial charge in [-0.3, -0.25) is 0 Å². The van der Waals surface area contributed by atoms with Crippen LogP contribution in [-0.4, -0.2) is 24.2 Å². The zero-order valence-electron chi connectivity index (χ0n) is 54.1. The van der Waals surface area contributed by atoms with Gasteiger partial charge in [0.15, 0.2) is 0 Å². The van der Waals surface area contributed by atoms with Crippen molar-refractivity contribution in [2.24, 2.45) is 0 Å². The fraction of sp³-hybridized carbons (Fsp3) is 0.286. The minimum Gasteiger partial charge on any atom is -0.0654 e. The number of allylic oxidation sites excluding steroid dienone is 12. The molecule has 0 amide bonds. The summed E-state index contributed by atoms with van der Waals surface area (Å²) in [6.45, 7) is 22.6. The lowest BCUT2D eigenvalue weighted by molar-refractivity contribution is 0.670. The van der Waals surface area contributed by atoms with Gasteiger partial charge in [0.05, 0.1) is 0 Å². The Balaban J connectivity index is 1.26. The van der Waals surface area contributed by atoms with Crippen LogP contribution in [0.25, 0.3) is 50.5 Å². The van der Waals surface area contributed by atoms with Crippen molar-refractivity contribution in [2.75, 3.05) is 0 Å². The van der Waals surface area contributed by atoms with Gasteiger partial charge in [0.1, 0.15) is 24.2 Å². The zero-order chi connectivity index (χ0) is 60.8. The Kier molecular flexibility index (Phi) is 21.1. The van der Waals surface area contributed by atoms with E-state index in [1.54, 1.807) is 31.2 Å². The molecule has 3 aliphatic rings. The van der Waals surface area contributed by atoms with E-state index in [2.05, 4.69) is 297 Å². The highest BCUT2D eigenvalue weighted by atomic mass is 28.3. The number of benzene rings is 7. The molecule has 87 heavy (non-hydrogen) atoms. The summed E-state index contributed by atoms with van der Waals surface area (Å²) in [6, 6.07) is 75.7. The molecule has 0 bridgehead atoms. The van der Waals surface area contributed by atoms with E-state index in [9.17, 15) is 0 Å². The molecule has 0 nitrogen and oxygen atoms in total. The van der Waals surface area contributed by atoms with Crippen molar-refractivity contribution in [3.05, 3.63) is 301 Å². The molecule has 0 saturated carbocycles. The van der Waals surface area contributed by atoms with Crippen molar-refractivity contribution >= 4 is 74.8 Å². The predicted octanol–water partition coefficient (Wildman–Crippen LogP) is 24.8. The van der Waals surface area contributed by atoms with Gasteiger partial charge in [-0.2, -0.15) is 0 Å². The van der Waals surface area contributed by atoms with Crippen molar-refractivity contribution in [1.82, 2.24) is 0 Å². The third-order valence-corrected chi connectivity index (χ3v) is 29.6. The summed E-state index contributed by atoms with van der Waals surface area (Å²) in [5, 5.41) is 9.35. The van der Waals surface area contributed by atoms with Crippen molar-refractivity contribution in [1.29, 1.82) is 0 Å². The Hall–Kier alpha value is -7.15. The van der Waals surface area contributed by atoms with Crippen molar-refractivity contribution in [2.45, 2.75) is 156 Å². The van der Waals surface area contributed by atoms with Crippen LogP contribution in [0, 0.1) is 0 Å². The van der Waals surface area contributed by atoms with Crippen LogP contribution in [0.15, 0.2) is 251 Å². The second kappa shape index (κ2) is 29.2. The average Bonchev–Trinajstić information content (AvgIpc) is 0.799. The molecule has 0 N–H and O–H groups in total. The summed E-state index contributed by atoms with van der Waals surface area (Å²) < 4.78 is 0. The molecule has 444 valence electrons. The van der Waals surface area contributed by atoms with Gasteiger partial charge < -0.3 is 0 Å². The molecule has 3 heteroatoms. The van der Waals surface area contributed by atoms with Crippen LogP contribution in [-0.2, 0) is 0 Å². The molecular formula is C84H96Si3. The first-order valence-electron chi connectivity index (χ1n) is 33.3. The van der Waals surface area contributed by atoms with E-state index in [4.69, 9.17) is 0 Å². The van der Waals surface area contributed by atoms with E-state index < -0.39 is 24.2 Å². The number of unbranched alkanes of at least 4 members (excludes halogenated alkanes) is 9. The number of hydrogen-bond acceptors (Lipinski definition) is 0. The summed E-state index contributed by atoms with van der Waals surface area (Å²) in [5.74, 6) is 0. The topological polar surface area (TPSA) is 0 Å². The van der Waals surface area contributed by atoms with E-state index in [0.29, 0.717) is 0 Å². The molecule has 0 spiro atoms. The summed E-state index contributed by atoms with van der Waals surface area (Å²) in [5.41, 5.74) is 20.8. The largest absolute Gasteiger partial charge is 0.113 e. The summed E-state index contributed by atoms with van der Waals surface area (Å²) in [7, 11) is -6.15. The van der Waals surface area contributed by atoms with Crippen LogP contribution < -0.4 is 0 Å². The minimum atomic E-state index is -2.05. The van der Waals surface area contributed by atoms with Gasteiger partial charge in [-0.05, 0) is 171 Å². The van der Waals surface area contributed by atoms with Crippen molar-refractivity contribution < 1.29 is 0 Å². The van der Waals surface area contributed by atoms with Gasteiger partial charge in [-0.25, -0.2) is 0 Å². The monoisotopic (exact) mass is 1190 g/mol. The van der Waals surface area contributed by atoms with Crippen molar-refractivity contribution in [3.63, 3.8) is 0 Å². The highest BCUT2D eigenvalue weighted by Gasteiger charge is 2.43. The molecular weight excluding hydrogens is 1090 g/mol. The zero-order valence-corrected chi connectivity index (χ0v) is 57.1. The Bertz CT molecular complexity index is 3350. The van der Waals surface area contributed by atoms with Gasteiger partial charge in [-0.1, -0.05) is 336 Å². The van der Waals surface area contributed by atoms with Gasteiger partial charge in [-0.15, -0.1) is 0 Å². The molecule has 0 radical (unpaired) electrons. The fourth-order valence-electron chi connectivity index (χ4n) is 14.0. The van der Waals surface area contributed by atoms with Crippen LogP contribution in [0.3, 0.4) is 0 Å². The Morgan fingerprint density at radius 2 is 0.517 bits per heavy atom. The van der Waals surface area contributed by atoms with E-state index in [1.165, 1.54) is 141 Å². The van der Waals surface area contributed by atoms with Gasteiger partial charge in [0.2, 0.25) is 0 Å². The predicted molar refractivity (Wildman–Crippen MR) is 392 cm³/mol. The first kappa shape index (κ1) is 62.9. The van der Waals surface area contributed by atoms with E-state index >= 15 is 0 Å². The van der Waals surface area contributed by atoms with Crippen LogP contribution in [0.1, 0.15) is 167 Å².